The molecule has 8 nitrogen and oxygen atoms in total. The molecule has 150 valence electrons. The highest BCUT2D eigenvalue weighted by Gasteiger charge is 2.28. The molecule has 1 aliphatic carbocycles. The number of halogens is 1. The predicted molar refractivity (Wildman–Crippen MR) is 108 cm³/mol. The number of urea groups is 1. The van der Waals surface area contributed by atoms with Crippen LogP contribution < -0.4 is 10.6 Å². The number of imide groups is 1. The molecule has 2 aromatic rings. The second kappa shape index (κ2) is 9.38. The van der Waals surface area contributed by atoms with E-state index in [9.17, 15) is 9.59 Å². The summed E-state index contributed by atoms with van der Waals surface area (Å²) in [6.45, 7) is 4.34. The predicted octanol–water partition coefficient (Wildman–Crippen LogP) is 3.06. The number of benzene rings is 1. The van der Waals surface area contributed by atoms with E-state index in [0.29, 0.717) is 22.0 Å². The van der Waals surface area contributed by atoms with E-state index in [1.54, 1.807) is 24.3 Å². The van der Waals surface area contributed by atoms with Gasteiger partial charge in [0.05, 0.1) is 11.4 Å². The Morgan fingerprint density at radius 3 is 2.75 bits per heavy atom. The Hall–Kier alpha value is -2.13. The molecule has 3 rings (SSSR count). The number of thioether (sulfide) groups is 1. The summed E-state index contributed by atoms with van der Waals surface area (Å²) in [7, 11) is 0. The number of amides is 3. The average molecular weight is 423 g/mol. The van der Waals surface area contributed by atoms with Crippen molar-refractivity contribution in [1.82, 2.24) is 30.8 Å². The number of aromatic nitrogens is 4. The van der Waals surface area contributed by atoms with E-state index < -0.39 is 11.9 Å². The third-order valence-electron chi connectivity index (χ3n) is 5.12. The van der Waals surface area contributed by atoms with Crippen LogP contribution in [-0.4, -0.2) is 43.9 Å². The first-order chi connectivity index (χ1) is 13.4. The minimum absolute atomic E-state index is 0.0258. The van der Waals surface area contributed by atoms with Crippen molar-refractivity contribution in [3.63, 3.8) is 0 Å². The van der Waals surface area contributed by atoms with Crippen LogP contribution in [0.3, 0.4) is 0 Å². The number of carbonyl (C=O) groups excluding carboxylic acids is 2. The van der Waals surface area contributed by atoms with Gasteiger partial charge in [-0.3, -0.25) is 10.1 Å². The molecule has 0 spiro atoms. The largest absolute Gasteiger partial charge is 0.335 e. The average Bonchev–Trinajstić information content (AvgIpc) is 3.13. The van der Waals surface area contributed by atoms with Gasteiger partial charge in [0.2, 0.25) is 11.1 Å². The minimum atomic E-state index is -0.450. The monoisotopic (exact) mass is 422 g/mol. The molecule has 10 heteroatoms. The Morgan fingerprint density at radius 2 is 2.00 bits per heavy atom. The van der Waals surface area contributed by atoms with Gasteiger partial charge in [0.1, 0.15) is 0 Å². The summed E-state index contributed by atoms with van der Waals surface area (Å²) >= 11 is 7.05. The first kappa shape index (κ1) is 20.6. The normalized spacial score (nSPS) is 21.9. The van der Waals surface area contributed by atoms with E-state index in [2.05, 4.69) is 40.0 Å². The van der Waals surface area contributed by atoms with Crippen LogP contribution in [0.5, 0.6) is 0 Å². The zero-order valence-electron chi connectivity index (χ0n) is 15.8. The van der Waals surface area contributed by atoms with Gasteiger partial charge < -0.3 is 5.32 Å². The Balaban J connectivity index is 1.50. The Labute approximate surface area is 172 Å². The molecule has 1 aromatic carbocycles. The smallest absolute Gasteiger partial charge is 0.321 e. The Bertz CT molecular complexity index is 828. The second-order valence-corrected chi connectivity index (χ2v) is 8.41. The molecule has 3 atom stereocenters. The lowest BCUT2D eigenvalue weighted by Gasteiger charge is -2.34. The first-order valence-electron chi connectivity index (χ1n) is 9.21. The summed E-state index contributed by atoms with van der Waals surface area (Å²) in [5, 5.41) is 17.9. The van der Waals surface area contributed by atoms with Crippen LogP contribution in [0.1, 0.15) is 33.1 Å². The molecule has 0 aliphatic heterocycles. The third-order valence-corrected chi connectivity index (χ3v) is 6.29. The lowest BCUT2D eigenvalue weighted by atomic mass is 9.78. The van der Waals surface area contributed by atoms with Gasteiger partial charge in [0, 0.05) is 11.1 Å². The van der Waals surface area contributed by atoms with E-state index >= 15 is 0 Å². The molecule has 1 heterocycles. The van der Waals surface area contributed by atoms with Crippen molar-refractivity contribution in [3.8, 4) is 5.69 Å². The maximum Gasteiger partial charge on any atom is 0.321 e. The van der Waals surface area contributed by atoms with E-state index in [1.807, 2.05) is 0 Å². The van der Waals surface area contributed by atoms with Gasteiger partial charge in [0.15, 0.2) is 0 Å². The summed E-state index contributed by atoms with van der Waals surface area (Å²) in [4.78, 5) is 24.3. The van der Waals surface area contributed by atoms with Crippen molar-refractivity contribution in [2.75, 3.05) is 5.75 Å². The highest BCUT2D eigenvalue weighted by molar-refractivity contribution is 7.99. The molecule has 0 saturated heterocycles. The second-order valence-electron chi connectivity index (χ2n) is 7.03. The third kappa shape index (κ3) is 5.23. The van der Waals surface area contributed by atoms with Gasteiger partial charge in [-0.2, -0.15) is 4.68 Å². The molecule has 28 heavy (non-hydrogen) atoms. The molecule has 3 amide bonds. The standard InChI is InChI=1S/C18H23ClN6O2S/c1-11-4-3-5-15(12(11)2)20-17(27)21-16(26)10-28-18-22-23-24-25(18)14-8-6-13(19)7-9-14/h6-9,11-12,15H,3-5,10H2,1-2H3,(H2,20,21,26,27)/t11-,12+,15+/m0/s1. The molecule has 1 saturated carbocycles. The summed E-state index contributed by atoms with van der Waals surface area (Å²) in [6, 6.07) is 6.68. The molecule has 0 unspecified atom stereocenters. The van der Waals surface area contributed by atoms with Gasteiger partial charge in [0.25, 0.3) is 0 Å². The Morgan fingerprint density at radius 1 is 1.25 bits per heavy atom. The van der Waals surface area contributed by atoms with Crippen LogP contribution >= 0.6 is 23.4 Å². The topological polar surface area (TPSA) is 102 Å². The number of hydrogen-bond donors (Lipinski definition) is 2. The number of rotatable bonds is 5. The molecule has 1 fully saturated rings. The van der Waals surface area contributed by atoms with Gasteiger partial charge in [-0.15, -0.1) is 5.10 Å². The van der Waals surface area contributed by atoms with Crippen LogP contribution in [0.15, 0.2) is 29.4 Å². The number of hydrogen-bond acceptors (Lipinski definition) is 6. The number of carbonyl (C=O) groups is 2. The van der Waals surface area contributed by atoms with Crippen molar-refractivity contribution in [1.29, 1.82) is 0 Å². The summed E-state index contributed by atoms with van der Waals surface area (Å²) in [5.74, 6) is 0.590. The molecular weight excluding hydrogens is 400 g/mol. The number of tetrazole rings is 1. The lowest BCUT2D eigenvalue weighted by Crippen LogP contribution is -2.49. The lowest BCUT2D eigenvalue weighted by molar-refractivity contribution is -0.117. The fourth-order valence-electron chi connectivity index (χ4n) is 3.30. The van der Waals surface area contributed by atoms with Crippen molar-refractivity contribution in [2.24, 2.45) is 11.8 Å². The molecular formula is C18H23ClN6O2S. The highest BCUT2D eigenvalue weighted by Crippen LogP contribution is 2.29. The van der Waals surface area contributed by atoms with Gasteiger partial charge in [-0.05, 0) is 52.9 Å². The van der Waals surface area contributed by atoms with E-state index in [1.165, 1.54) is 11.1 Å². The van der Waals surface area contributed by atoms with Crippen LogP contribution in [0.2, 0.25) is 5.02 Å². The van der Waals surface area contributed by atoms with E-state index in [4.69, 9.17) is 11.6 Å². The molecule has 1 aliphatic rings. The Kier molecular flexibility index (Phi) is 6.90. The van der Waals surface area contributed by atoms with Crippen molar-refractivity contribution < 1.29 is 9.59 Å². The molecule has 1 aromatic heterocycles. The van der Waals surface area contributed by atoms with Gasteiger partial charge in [-0.25, -0.2) is 4.79 Å². The van der Waals surface area contributed by atoms with Crippen molar-refractivity contribution in [3.05, 3.63) is 29.3 Å². The van der Waals surface area contributed by atoms with Crippen LogP contribution in [0.25, 0.3) is 5.69 Å². The number of nitrogens with one attached hydrogen (secondary N) is 2. The van der Waals surface area contributed by atoms with E-state index in [0.717, 1.165) is 30.3 Å². The zero-order valence-corrected chi connectivity index (χ0v) is 17.3. The maximum atomic E-state index is 12.1. The SMILES string of the molecule is C[C@@H]1[C@@H](C)CCC[C@H]1NC(=O)NC(=O)CSc1nnnn1-c1ccc(Cl)cc1. The van der Waals surface area contributed by atoms with Crippen LogP contribution in [0, 0.1) is 11.8 Å². The summed E-state index contributed by atoms with van der Waals surface area (Å²) in [5.41, 5.74) is 0.732. The summed E-state index contributed by atoms with van der Waals surface area (Å²) < 4.78 is 1.51. The zero-order chi connectivity index (χ0) is 20.1. The highest BCUT2D eigenvalue weighted by atomic mass is 35.5. The van der Waals surface area contributed by atoms with Crippen LogP contribution in [0.4, 0.5) is 4.79 Å². The molecule has 0 radical (unpaired) electrons. The molecule has 0 bridgehead atoms. The summed E-state index contributed by atoms with van der Waals surface area (Å²) in [6.07, 6.45) is 3.21. The van der Waals surface area contributed by atoms with E-state index in [-0.39, 0.29) is 11.8 Å². The van der Waals surface area contributed by atoms with Crippen molar-refractivity contribution >= 4 is 35.3 Å². The fraction of sp³-hybridized carbons (Fsp3) is 0.500. The molecule has 2 N–H and O–H groups in total. The van der Waals surface area contributed by atoms with Crippen molar-refractivity contribution in [2.45, 2.75) is 44.3 Å². The number of nitrogens with zero attached hydrogens (tertiary/aromatic N) is 4. The maximum absolute atomic E-state index is 12.1. The van der Waals surface area contributed by atoms with Crippen LogP contribution in [-0.2, 0) is 4.79 Å². The minimum Gasteiger partial charge on any atom is -0.335 e. The van der Waals surface area contributed by atoms with Gasteiger partial charge in [-0.1, -0.05) is 50.1 Å². The quantitative estimate of drug-likeness (QED) is 0.718. The fourth-order valence-corrected chi connectivity index (χ4v) is 4.11. The van der Waals surface area contributed by atoms with Gasteiger partial charge >= 0.3 is 6.03 Å². The first-order valence-corrected chi connectivity index (χ1v) is 10.6.